The summed E-state index contributed by atoms with van der Waals surface area (Å²) in [7, 11) is 0. The third-order valence-corrected chi connectivity index (χ3v) is 2.87. The van der Waals surface area contributed by atoms with Gasteiger partial charge in [-0.25, -0.2) is 0 Å². The molecule has 0 aliphatic carbocycles. The molecule has 1 heterocycles. The fraction of sp³-hybridized carbons (Fsp3) is 0.667. The summed E-state index contributed by atoms with van der Waals surface area (Å²) in [5, 5.41) is 15.3. The van der Waals surface area contributed by atoms with Crippen LogP contribution in [0.2, 0.25) is 0 Å². The van der Waals surface area contributed by atoms with E-state index in [1.54, 1.807) is 0 Å². The topological polar surface area (TPSA) is 67.2 Å². The first-order valence-electron chi connectivity index (χ1n) is 6.26. The quantitative estimate of drug-likeness (QED) is 0.871. The Morgan fingerprint density at radius 2 is 2.10 bits per heavy atom. The third-order valence-electron chi connectivity index (χ3n) is 2.87. The molecule has 0 aromatic carbocycles. The first kappa shape index (κ1) is 16.5. The number of hydrogen-bond acceptors (Lipinski definition) is 3. The second-order valence-electron chi connectivity index (χ2n) is 4.78. The summed E-state index contributed by atoms with van der Waals surface area (Å²) >= 11 is 0. The average molecular weight is 293 g/mol. The van der Waals surface area contributed by atoms with Gasteiger partial charge >= 0.3 is 6.18 Å². The number of amides is 1. The molecule has 1 rings (SSSR count). The van der Waals surface area contributed by atoms with Crippen LogP contribution in [0, 0.1) is 0 Å². The van der Waals surface area contributed by atoms with Gasteiger partial charge in [0.2, 0.25) is 0 Å². The minimum Gasteiger partial charge on any atom is -0.382 e. The molecule has 0 aliphatic rings. The number of aromatic nitrogens is 2. The molecule has 1 aromatic rings. The van der Waals surface area contributed by atoms with Gasteiger partial charge in [-0.3, -0.25) is 9.48 Å². The number of carbonyl (C=O) groups excluding carboxylic acids is 1. The normalized spacial score (nSPS) is 15.2. The molecule has 0 aliphatic heterocycles. The van der Waals surface area contributed by atoms with E-state index >= 15 is 0 Å². The molecule has 1 amide bonds. The van der Waals surface area contributed by atoms with Crippen LogP contribution in [0.1, 0.15) is 43.6 Å². The van der Waals surface area contributed by atoms with Gasteiger partial charge < -0.3 is 10.4 Å². The van der Waals surface area contributed by atoms with Crippen molar-refractivity contribution < 1.29 is 23.1 Å². The minimum absolute atomic E-state index is 0.0370. The summed E-state index contributed by atoms with van der Waals surface area (Å²) in [6.45, 7) is 5.17. The van der Waals surface area contributed by atoms with E-state index in [0.717, 1.165) is 0 Å². The smallest absolute Gasteiger partial charge is 0.382 e. The van der Waals surface area contributed by atoms with E-state index in [0.29, 0.717) is 0 Å². The molecule has 114 valence electrons. The summed E-state index contributed by atoms with van der Waals surface area (Å²) in [6, 6.07) is -1.34. The van der Waals surface area contributed by atoms with Crippen molar-refractivity contribution in [1.82, 2.24) is 15.1 Å². The number of halogens is 3. The van der Waals surface area contributed by atoms with Crippen molar-refractivity contribution in [2.45, 2.75) is 51.6 Å². The number of nitrogens with zero attached hydrogens (tertiary/aromatic N) is 2. The number of nitrogens with one attached hydrogen (secondary N) is 1. The van der Waals surface area contributed by atoms with Gasteiger partial charge in [0.25, 0.3) is 5.91 Å². The maximum atomic E-state index is 12.4. The first-order valence-corrected chi connectivity index (χ1v) is 6.26. The standard InChI is InChI=1S/C12H18F3N3O2/c1-4-9(10(19)12(13,14)15)17-11(20)8-5-16-18(6-8)7(2)3/h5-7,9-10,19H,4H2,1-3H3,(H,17,20). The van der Waals surface area contributed by atoms with E-state index in [9.17, 15) is 23.1 Å². The predicted molar refractivity (Wildman–Crippen MR) is 66.2 cm³/mol. The van der Waals surface area contributed by atoms with Crippen molar-refractivity contribution in [3.8, 4) is 0 Å². The average Bonchev–Trinajstić information content (AvgIpc) is 2.83. The zero-order valence-corrected chi connectivity index (χ0v) is 11.5. The summed E-state index contributed by atoms with van der Waals surface area (Å²) < 4.78 is 38.8. The van der Waals surface area contributed by atoms with Crippen LogP contribution in [0.3, 0.4) is 0 Å². The molecule has 8 heteroatoms. The van der Waals surface area contributed by atoms with Crippen LogP contribution in [0.5, 0.6) is 0 Å². The molecule has 2 unspecified atom stereocenters. The lowest BCUT2D eigenvalue weighted by Gasteiger charge is -2.24. The summed E-state index contributed by atoms with van der Waals surface area (Å²) in [5.41, 5.74) is 0.159. The van der Waals surface area contributed by atoms with E-state index < -0.39 is 24.2 Å². The highest BCUT2D eigenvalue weighted by Crippen LogP contribution is 2.23. The maximum absolute atomic E-state index is 12.4. The van der Waals surface area contributed by atoms with E-state index in [-0.39, 0.29) is 18.0 Å². The number of carbonyl (C=O) groups is 1. The monoisotopic (exact) mass is 293 g/mol. The second-order valence-corrected chi connectivity index (χ2v) is 4.78. The Kier molecular flexibility index (Phi) is 5.15. The second kappa shape index (κ2) is 6.25. The fourth-order valence-corrected chi connectivity index (χ4v) is 1.62. The third kappa shape index (κ3) is 3.96. The minimum atomic E-state index is -4.77. The highest BCUT2D eigenvalue weighted by atomic mass is 19.4. The molecule has 5 nitrogen and oxygen atoms in total. The molecular formula is C12H18F3N3O2. The Hall–Kier alpha value is -1.57. The van der Waals surface area contributed by atoms with E-state index in [1.165, 1.54) is 24.0 Å². The summed E-state index contributed by atoms with van der Waals surface area (Å²) in [4.78, 5) is 11.8. The number of aliphatic hydroxyl groups is 1. The Morgan fingerprint density at radius 1 is 1.50 bits per heavy atom. The van der Waals surface area contributed by atoms with Gasteiger partial charge in [-0.05, 0) is 20.3 Å². The van der Waals surface area contributed by atoms with Crippen LogP contribution >= 0.6 is 0 Å². The lowest BCUT2D eigenvalue weighted by atomic mass is 10.1. The molecule has 0 fully saturated rings. The molecule has 0 saturated carbocycles. The number of rotatable bonds is 5. The maximum Gasteiger partial charge on any atom is 0.416 e. The molecule has 0 radical (unpaired) electrons. The van der Waals surface area contributed by atoms with Crippen molar-refractivity contribution in [2.24, 2.45) is 0 Å². The summed E-state index contributed by atoms with van der Waals surface area (Å²) in [5.74, 6) is -0.688. The van der Waals surface area contributed by atoms with Gasteiger partial charge in [-0.2, -0.15) is 18.3 Å². The Labute approximate surface area is 114 Å². The molecule has 0 bridgehead atoms. The predicted octanol–water partition coefficient (Wildman–Crippen LogP) is 1.90. The Bertz CT molecular complexity index is 457. The Balaban J connectivity index is 2.76. The van der Waals surface area contributed by atoms with Crippen molar-refractivity contribution in [1.29, 1.82) is 0 Å². The van der Waals surface area contributed by atoms with E-state index in [1.807, 2.05) is 13.8 Å². The molecule has 1 aromatic heterocycles. The number of aliphatic hydroxyl groups excluding tert-OH is 1. The fourth-order valence-electron chi connectivity index (χ4n) is 1.62. The van der Waals surface area contributed by atoms with Crippen molar-refractivity contribution in [2.75, 3.05) is 0 Å². The van der Waals surface area contributed by atoms with Gasteiger partial charge in [0, 0.05) is 12.2 Å². The van der Waals surface area contributed by atoms with Crippen LogP contribution in [-0.4, -0.2) is 39.1 Å². The van der Waals surface area contributed by atoms with Crippen molar-refractivity contribution in [3.05, 3.63) is 18.0 Å². The number of alkyl halides is 3. The van der Waals surface area contributed by atoms with Crippen LogP contribution in [-0.2, 0) is 0 Å². The SMILES string of the molecule is CCC(NC(=O)c1cnn(C(C)C)c1)C(O)C(F)(F)F. The molecule has 20 heavy (non-hydrogen) atoms. The van der Waals surface area contributed by atoms with Gasteiger partial charge in [-0.1, -0.05) is 6.92 Å². The van der Waals surface area contributed by atoms with E-state index in [2.05, 4.69) is 10.4 Å². The van der Waals surface area contributed by atoms with Crippen LogP contribution in [0.4, 0.5) is 13.2 Å². The lowest BCUT2D eigenvalue weighted by molar-refractivity contribution is -0.211. The van der Waals surface area contributed by atoms with Crippen LogP contribution < -0.4 is 5.32 Å². The zero-order valence-electron chi connectivity index (χ0n) is 11.5. The largest absolute Gasteiger partial charge is 0.416 e. The Morgan fingerprint density at radius 3 is 2.50 bits per heavy atom. The van der Waals surface area contributed by atoms with Gasteiger partial charge in [0.15, 0.2) is 6.10 Å². The van der Waals surface area contributed by atoms with E-state index in [4.69, 9.17) is 0 Å². The molecule has 2 N–H and O–H groups in total. The number of hydrogen-bond donors (Lipinski definition) is 2. The van der Waals surface area contributed by atoms with Gasteiger partial charge in [0.05, 0.1) is 17.8 Å². The molecule has 0 saturated heterocycles. The highest BCUT2D eigenvalue weighted by molar-refractivity contribution is 5.93. The van der Waals surface area contributed by atoms with Crippen molar-refractivity contribution >= 4 is 5.91 Å². The van der Waals surface area contributed by atoms with Crippen LogP contribution in [0.25, 0.3) is 0 Å². The van der Waals surface area contributed by atoms with Crippen molar-refractivity contribution in [3.63, 3.8) is 0 Å². The zero-order chi connectivity index (χ0) is 15.5. The first-order chi connectivity index (χ1) is 9.16. The van der Waals surface area contributed by atoms with Gasteiger partial charge in [-0.15, -0.1) is 0 Å². The highest BCUT2D eigenvalue weighted by Gasteiger charge is 2.43. The van der Waals surface area contributed by atoms with Crippen LogP contribution in [0.15, 0.2) is 12.4 Å². The molecule has 2 atom stereocenters. The lowest BCUT2D eigenvalue weighted by Crippen LogP contribution is -2.49. The molecule has 0 spiro atoms. The summed E-state index contributed by atoms with van der Waals surface area (Å²) in [6.07, 6.45) is -4.66. The van der Waals surface area contributed by atoms with Gasteiger partial charge in [0.1, 0.15) is 0 Å². The molecular weight excluding hydrogens is 275 g/mol.